The van der Waals surface area contributed by atoms with Crippen molar-refractivity contribution >= 4 is 34.6 Å². The maximum Gasteiger partial charge on any atom is 0.166 e. The molecule has 1 heterocycles. The Hall–Kier alpha value is -4.57. The third-order valence-corrected chi connectivity index (χ3v) is 7.08. The Kier molecular flexibility index (Phi) is 8.23. The Balaban J connectivity index is 1.27. The minimum absolute atomic E-state index is 0.0619. The molecule has 0 aromatic heterocycles. The summed E-state index contributed by atoms with van der Waals surface area (Å²) >= 11 is 0. The largest absolute Gasteiger partial charge is 0.490 e. The fraction of sp³-hybridized carbons (Fsp3) is 0.171. The first-order valence-electron chi connectivity index (χ1n) is 13.6. The molecule has 0 amide bonds. The van der Waals surface area contributed by atoms with Crippen LogP contribution in [0.4, 0.5) is 22.7 Å². The summed E-state index contributed by atoms with van der Waals surface area (Å²) in [4.78, 5) is 17.5. The first-order valence-corrected chi connectivity index (χ1v) is 13.6. The predicted octanol–water partition coefficient (Wildman–Crippen LogP) is 8.32. The van der Waals surface area contributed by atoms with Crippen molar-refractivity contribution in [2.45, 2.75) is 19.8 Å². The average Bonchev–Trinajstić information content (AvgIpc) is 3.43. The van der Waals surface area contributed by atoms with Gasteiger partial charge < -0.3 is 14.5 Å². The minimum atomic E-state index is -0.263. The summed E-state index contributed by atoms with van der Waals surface area (Å²) in [6.07, 6.45) is 7.41. The maximum absolute atomic E-state index is 13.0. The van der Waals surface area contributed by atoms with Gasteiger partial charge in [-0.25, -0.2) is 0 Å². The quantitative estimate of drug-likeness (QED) is 0.157. The summed E-state index contributed by atoms with van der Waals surface area (Å²) in [6.45, 7) is 6.45. The zero-order chi connectivity index (χ0) is 27.0. The van der Waals surface area contributed by atoms with E-state index in [1.807, 2.05) is 42.5 Å². The van der Waals surface area contributed by atoms with Gasteiger partial charge in [0.05, 0.1) is 11.6 Å². The molecule has 0 saturated heterocycles. The molecule has 0 aliphatic carbocycles. The van der Waals surface area contributed by atoms with Gasteiger partial charge in [0.2, 0.25) is 0 Å². The van der Waals surface area contributed by atoms with Gasteiger partial charge in [0.15, 0.2) is 5.78 Å². The lowest BCUT2D eigenvalue weighted by Gasteiger charge is -2.25. The van der Waals surface area contributed by atoms with E-state index in [9.17, 15) is 4.79 Å². The van der Waals surface area contributed by atoms with E-state index in [0.29, 0.717) is 6.61 Å². The SMILES string of the molecule is CCN(CC)c1cccc2c1OCC2C(=O)C=CC=Cc1ccc(N(c2ccccc2)c2ccccc2)cc1. The van der Waals surface area contributed by atoms with Crippen LogP contribution in [0.5, 0.6) is 5.75 Å². The van der Waals surface area contributed by atoms with Gasteiger partial charge in [-0.05, 0) is 68.0 Å². The highest BCUT2D eigenvalue weighted by Gasteiger charge is 2.31. The molecule has 1 atom stereocenters. The second-order valence-corrected chi connectivity index (χ2v) is 9.45. The van der Waals surface area contributed by atoms with Crippen LogP contribution in [-0.2, 0) is 4.79 Å². The lowest BCUT2D eigenvalue weighted by Crippen LogP contribution is -2.22. The van der Waals surface area contributed by atoms with Crippen LogP contribution in [0.2, 0.25) is 0 Å². The van der Waals surface area contributed by atoms with Crippen LogP contribution in [0, 0.1) is 0 Å². The molecule has 1 aliphatic heterocycles. The fourth-order valence-electron chi connectivity index (χ4n) is 5.05. The summed E-state index contributed by atoms with van der Waals surface area (Å²) in [6, 6.07) is 35.2. The van der Waals surface area contributed by atoms with E-state index in [-0.39, 0.29) is 11.7 Å². The second-order valence-electron chi connectivity index (χ2n) is 9.45. The van der Waals surface area contributed by atoms with Crippen molar-refractivity contribution in [1.82, 2.24) is 0 Å². The molecular weight excluding hydrogens is 480 g/mol. The van der Waals surface area contributed by atoms with Crippen molar-refractivity contribution in [3.8, 4) is 5.75 Å². The van der Waals surface area contributed by atoms with Gasteiger partial charge in [-0.3, -0.25) is 4.79 Å². The number of nitrogens with zero attached hydrogens (tertiary/aromatic N) is 2. The average molecular weight is 515 g/mol. The summed E-state index contributed by atoms with van der Waals surface area (Å²) in [7, 11) is 0. The van der Waals surface area contributed by atoms with Crippen LogP contribution in [0.3, 0.4) is 0 Å². The van der Waals surface area contributed by atoms with Gasteiger partial charge >= 0.3 is 0 Å². The second kappa shape index (κ2) is 12.3. The van der Waals surface area contributed by atoms with Crippen molar-refractivity contribution in [2.24, 2.45) is 0 Å². The highest BCUT2D eigenvalue weighted by atomic mass is 16.5. The molecule has 0 saturated carbocycles. The maximum atomic E-state index is 13.0. The Morgan fingerprint density at radius 1 is 0.769 bits per heavy atom. The van der Waals surface area contributed by atoms with E-state index >= 15 is 0 Å². The number of fused-ring (bicyclic) bond motifs is 1. The van der Waals surface area contributed by atoms with Crippen LogP contribution >= 0.6 is 0 Å². The van der Waals surface area contributed by atoms with Crippen LogP contribution in [0.25, 0.3) is 6.08 Å². The van der Waals surface area contributed by atoms with E-state index in [2.05, 4.69) is 103 Å². The Labute approximate surface area is 231 Å². The van der Waals surface area contributed by atoms with Gasteiger partial charge in [-0.2, -0.15) is 0 Å². The number of rotatable bonds is 10. The van der Waals surface area contributed by atoms with E-state index in [1.165, 1.54) is 0 Å². The molecule has 0 N–H and O–H groups in total. The number of carbonyl (C=O) groups is 1. The van der Waals surface area contributed by atoms with Crippen molar-refractivity contribution in [3.63, 3.8) is 0 Å². The van der Waals surface area contributed by atoms with Crippen molar-refractivity contribution < 1.29 is 9.53 Å². The van der Waals surface area contributed by atoms with Crippen LogP contribution in [-0.4, -0.2) is 25.5 Å². The van der Waals surface area contributed by atoms with E-state index in [1.54, 1.807) is 6.08 Å². The van der Waals surface area contributed by atoms with Crippen molar-refractivity contribution in [1.29, 1.82) is 0 Å². The Morgan fingerprint density at radius 3 is 2.00 bits per heavy atom. The number of ketones is 1. The third kappa shape index (κ3) is 5.80. The van der Waals surface area contributed by atoms with Crippen LogP contribution < -0.4 is 14.5 Å². The number of carbonyl (C=O) groups excluding carboxylic acids is 1. The number of hydrogen-bond donors (Lipinski definition) is 0. The van der Waals surface area contributed by atoms with E-state index in [0.717, 1.165) is 52.7 Å². The highest BCUT2D eigenvalue weighted by Crippen LogP contribution is 2.42. The lowest BCUT2D eigenvalue weighted by atomic mass is 9.95. The number of ether oxygens (including phenoxy) is 1. The van der Waals surface area contributed by atoms with Gasteiger partial charge in [-0.1, -0.05) is 78.9 Å². The fourth-order valence-corrected chi connectivity index (χ4v) is 5.05. The molecule has 4 heteroatoms. The molecule has 0 radical (unpaired) electrons. The zero-order valence-corrected chi connectivity index (χ0v) is 22.5. The van der Waals surface area contributed by atoms with Gasteiger partial charge in [0, 0.05) is 35.7 Å². The van der Waals surface area contributed by atoms with Crippen molar-refractivity contribution in [3.05, 3.63) is 132 Å². The van der Waals surface area contributed by atoms with Crippen LogP contribution in [0.1, 0.15) is 30.9 Å². The molecule has 1 unspecified atom stereocenters. The molecule has 4 aromatic rings. The Morgan fingerprint density at radius 2 is 1.38 bits per heavy atom. The first-order chi connectivity index (χ1) is 19.2. The molecule has 1 aliphatic rings. The summed E-state index contributed by atoms with van der Waals surface area (Å²) in [5, 5.41) is 0. The van der Waals surface area contributed by atoms with E-state index < -0.39 is 0 Å². The predicted molar refractivity (Wildman–Crippen MR) is 163 cm³/mol. The monoisotopic (exact) mass is 514 g/mol. The zero-order valence-electron chi connectivity index (χ0n) is 22.5. The molecule has 39 heavy (non-hydrogen) atoms. The third-order valence-electron chi connectivity index (χ3n) is 7.08. The summed E-state index contributed by atoms with van der Waals surface area (Å²) in [5.41, 5.74) is 6.41. The first kappa shape index (κ1) is 26.1. The van der Waals surface area contributed by atoms with E-state index in [4.69, 9.17) is 4.74 Å². The molecule has 0 bridgehead atoms. The molecular formula is C35H34N2O2. The van der Waals surface area contributed by atoms with Crippen molar-refractivity contribution in [2.75, 3.05) is 29.5 Å². The number of allylic oxidation sites excluding steroid dienone is 3. The normalized spacial score (nSPS) is 14.4. The molecule has 4 aromatic carbocycles. The van der Waals surface area contributed by atoms with Gasteiger partial charge in [0.25, 0.3) is 0 Å². The Bertz CT molecular complexity index is 1400. The number of benzene rings is 4. The molecule has 0 spiro atoms. The standard InChI is InChI=1S/C35H34N2O2/c1-3-36(4-2)33-20-13-19-31-32(26-39-35(31)33)34(38)21-12-11-14-27-22-24-30(25-23-27)37(28-15-7-5-8-16-28)29-17-9-6-10-18-29/h5-25,32H,3-4,26H2,1-2H3. The summed E-state index contributed by atoms with van der Waals surface area (Å²) in [5.74, 6) is 0.650. The molecule has 196 valence electrons. The summed E-state index contributed by atoms with van der Waals surface area (Å²) < 4.78 is 6.00. The minimum Gasteiger partial charge on any atom is -0.490 e. The highest BCUT2D eigenvalue weighted by molar-refractivity contribution is 5.97. The number of para-hydroxylation sites is 3. The molecule has 5 rings (SSSR count). The number of anilines is 4. The van der Waals surface area contributed by atoms with Crippen LogP contribution in [0.15, 0.2) is 121 Å². The molecule has 0 fully saturated rings. The van der Waals surface area contributed by atoms with Gasteiger partial charge in [-0.15, -0.1) is 0 Å². The smallest absolute Gasteiger partial charge is 0.166 e. The number of hydrogen-bond acceptors (Lipinski definition) is 4. The molecule has 4 nitrogen and oxygen atoms in total. The lowest BCUT2D eigenvalue weighted by molar-refractivity contribution is -0.116. The van der Waals surface area contributed by atoms with Gasteiger partial charge in [0.1, 0.15) is 12.4 Å². The topological polar surface area (TPSA) is 32.8 Å².